The first-order valence-electron chi connectivity index (χ1n) is 8.52. The maximum Gasteiger partial charge on any atom is 0.311 e. The van der Waals surface area contributed by atoms with Crippen LogP contribution < -0.4 is 4.90 Å². The number of aromatic nitrogens is 1. The minimum Gasteiger partial charge on any atom is -0.481 e. The fraction of sp³-hybridized carbons (Fsp3) is 0.647. The highest BCUT2D eigenvalue weighted by Crippen LogP contribution is 2.42. The van der Waals surface area contributed by atoms with Gasteiger partial charge in [-0.1, -0.05) is 6.07 Å². The van der Waals surface area contributed by atoms with Crippen molar-refractivity contribution in [3.05, 3.63) is 23.9 Å². The number of carbonyl (C=O) groups is 1. The maximum atomic E-state index is 12.0. The molecule has 1 N–H and O–H groups in total. The van der Waals surface area contributed by atoms with Gasteiger partial charge in [0.1, 0.15) is 5.82 Å². The summed E-state index contributed by atoms with van der Waals surface area (Å²) in [7, 11) is -1.09. The zero-order valence-electron chi connectivity index (χ0n) is 14.7. The smallest absolute Gasteiger partial charge is 0.311 e. The van der Waals surface area contributed by atoms with E-state index in [9.17, 15) is 18.3 Å². The summed E-state index contributed by atoms with van der Waals surface area (Å²) < 4.78 is 22.8. The van der Waals surface area contributed by atoms with E-state index in [4.69, 9.17) is 0 Å². The van der Waals surface area contributed by atoms with Crippen molar-refractivity contribution in [3.63, 3.8) is 0 Å². The molecule has 8 heteroatoms. The zero-order valence-corrected chi connectivity index (χ0v) is 15.5. The topological polar surface area (TPSA) is 90.8 Å². The van der Waals surface area contributed by atoms with Crippen LogP contribution in [0.1, 0.15) is 24.8 Å². The van der Waals surface area contributed by atoms with Crippen LogP contribution in [0.15, 0.2) is 18.3 Å². The second-order valence-electron chi connectivity index (χ2n) is 7.35. The third kappa shape index (κ3) is 3.64. The van der Waals surface area contributed by atoms with Crippen LogP contribution in [0.25, 0.3) is 0 Å². The molecule has 0 unspecified atom stereocenters. The number of piperidine rings is 2. The largest absolute Gasteiger partial charge is 0.481 e. The SMILES string of the molecule is CN1CCC[C@]2(C(=O)O)CCN(c3ccc(CS(C)(=O)=O)cn3)C[C@@H]12. The van der Waals surface area contributed by atoms with Gasteiger partial charge in [0.05, 0.1) is 11.2 Å². The number of anilines is 1. The quantitative estimate of drug-likeness (QED) is 0.849. The number of aliphatic carboxylic acids is 1. The molecule has 0 aromatic carbocycles. The summed E-state index contributed by atoms with van der Waals surface area (Å²) in [4.78, 5) is 20.6. The molecule has 138 valence electrons. The molecule has 25 heavy (non-hydrogen) atoms. The molecule has 3 heterocycles. The first-order valence-corrected chi connectivity index (χ1v) is 10.6. The van der Waals surface area contributed by atoms with Crippen molar-refractivity contribution < 1.29 is 18.3 Å². The minimum atomic E-state index is -3.08. The number of pyridine rings is 1. The molecule has 0 bridgehead atoms. The van der Waals surface area contributed by atoms with E-state index >= 15 is 0 Å². The van der Waals surface area contributed by atoms with E-state index in [1.165, 1.54) is 6.26 Å². The Hall–Kier alpha value is -1.67. The van der Waals surface area contributed by atoms with Crippen molar-refractivity contribution in [2.24, 2.45) is 5.41 Å². The molecule has 2 fully saturated rings. The van der Waals surface area contributed by atoms with Gasteiger partial charge < -0.3 is 14.9 Å². The number of carboxylic acid groups (broad SMARTS) is 1. The normalized spacial score (nSPS) is 27.8. The molecule has 0 radical (unpaired) electrons. The van der Waals surface area contributed by atoms with Crippen LogP contribution in [0.4, 0.5) is 5.82 Å². The van der Waals surface area contributed by atoms with E-state index < -0.39 is 21.2 Å². The fourth-order valence-corrected chi connectivity index (χ4v) is 4.96. The Morgan fingerprint density at radius 1 is 1.36 bits per heavy atom. The molecule has 0 saturated carbocycles. The number of carboxylic acids is 1. The molecule has 0 aliphatic carbocycles. The molecule has 0 amide bonds. The number of likely N-dealkylation sites (tertiary alicyclic amines) is 1. The van der Waals surface area contributed by atoms with Gasteiger partial charge in [-0.15, -0.1) is 0 Å². The van der Waals surface area contributed by atoms with Crippen LogP contribution >= 0.6 is 0 Å². The van der Waals surface area contributed by atoms with E-state index in [1.807, 2.05) is 13.1 Å². The highest BCUT2D eigenvalue weighted by Gasteiger charge is 2.52. The first kappa shape index (κ1) is 18.1. The Morgan fingerprint density at radius 2 is 2.12 bits per heavy atom. The molecule has 2 aliphatic heterocycles. The summed E-state index contributed by atoms with van der Waals surface area (Å²) in [5.41, 5.74) is -0.00219. The van der Waals surface area contributed by atoms with E-state index in [1.54, 1.807) is 12.3 Å². The number of hydrogen-bond donors (Lipinski definition) is 1. The molecule has 2 aliphatic rings. The third-order valence-corrected chi connectivity index (χ3v) is 6.37. The number of hydrogen-bond acceptors (Lipinski definition) is 6. The molecule has 3 rings (SSSR count). The summed E-state index contributed by atoms with van der Waals surface area (Å²) in [5, 5.41) is 9.83. The highest BCUT2D eigenvalue weighted by molar-refractivity contribution is 7.89. The Bertz CT molecular complexity index is 750. The van der Waals surface area contributed by atoms with Crippen molar-refractivity contribution in [1.29, 1.82) is 0 Å². The Kier molecular flexibility index (Phi) is 4.76. The fourth-order valence-electron chi connectivity index (χ4n) is 4.18. The standard InChI is InChI=1S/C17H25N3O4S/c1-19-8-3-6-17(16(21)22)7-9-20(11-14(17)19)15-5-4-13(10-18-15)12-25(2,23)24/h4-5,10,14H,3,6-9,11-12H2,1-2H3,(H,21,22)/t14-,17+/m1/s1. The average Bonchev–Trinajstić information content (AvgIpc) is 2.54. The molecule has 2 atom stereocenters. The predicted octanol–water partition coefficient (Wildman–Crippen LogP) is 1.00. The molecular weight excluding hydrogens is 342 g/mol. The Balaban J connectivity index is 1.78. The summed E-state index contributed by atoms with van der Waals surface area (Å²) >= 11 is 0. The van der Waals surface area contributed by atoms with Gasteiger partial charge in [-0.2, -0.15) is 0 Å². The number of fused-ring (bicyclic) bond motifs is 1. The number of rotatable bonds is 4. The lowest BCUT2D eigenvalue weighted by molar-refractivity contribution is -0.158. The average molecular weight is 367 g/mol. The van der Waals surface area contributed by atoms with Crippen LogP contribution in [0.5, 0.6) is 0 Å². The van der Waals surface area contributed by atoms with Gasteiger partial charge >= 0.3 is 5.97 Å². The number of sulfone groups is 1. The lowest BCUT2D eigenvalue weighted by Gasteiger charge is -2.52. The summed E-state index contributed by atoms with van der Waals surface area (Å²) in [5.74, 6) is 0.0590. The van der Waals surface area contributed by atoms with Gasteiger partial charge in [0, 0.05) is 31.6 Å². The van der Waals surface area contributed by atoms with E-state index in [0.29, 0.717) is 25.1 Å². The van der Waals surface area contributed by atoms with Crippen LogP contribution in [0.3, 0.4) is 0 Å². The van der Waals surface area contributed by atoms with Gasteiger partial charge in [-0.25, -0.2) is 13.4 Å². The van der Waals surface area contributed by atoms with Crippen LogP contribution in [0, 0.1) is 5.41 Å². The summed E-state index contributed by atoms with van der Waals surface area (Å²) in [6.45, 7) is 2.19. The van der Waals surface area contributed by atoms with Crippen LogP contribution in [-0.4, -0.2) is 68.4 Å². The Labute approximate surface area is 148 Å². The Morgan fingerprint density at radius 3 is 2.72 bits per heavy atom. The van der Waals surface area contributed by atoms with Crippen molar-refractivity contribution in [2.75, 3.05) is 37.8 Å². The van der Waals surface area contributed by atoms with Gasteiger partial charge in [-0.3, -0.25) is 4.79 Å². The molecule has 7 nitrogen and oxygen atoms in total. The molecule has 2 saturated heterocycles. The van der Waals surface area contributed by atoms with Crippen LogP contribution in [-0.2, 0) is 20.4 Å². The minimum absolute atomic E-state index is 0.0201. The van der Waals surface area contributed by atoms with Gasteiger partial charge in [0.2, 0.25) is 0 Å². The van der Waals surface area contributed by atoms with Crippen molar-refractivity contribution >= 4 is 21.6 Å². The molecule has 1 aromatic heterocycles. The zero-order chi connectivity index (χ0) is 18.2. The maximum absolute atomic E-state index is 12.0. The molecule has 1 aromatic rings. The number of nitrogens with zero attached hydrogens (tertiary/aromatic N) is 3. The summed E-state index contributed by atoms with van der Waals surface area (Å²) in [6.07, 6.45) is 5.05. The van der Waals surface area contributed by atoms with E-state index in [-0.39, 0.29) is 11.8 Å². The predicted molar refractivity (Wildman–Crippen MR) is 95.3 cm³/mol. The summed E-state index contributed by atoms with van der Waals surface area (Å²) in [6, 6.07) is 3.58. The second-order valence-corrected chi connectivity index (χ2v) is 9.49. The lowest BCUT2D eigenvalue weighted by Crippen LogP contribution is -2.63. The second kappa shape index (κ2) is 6.57. The third-order valence-electron chi connectivity index (χ3n) is 5.51. The molecule has 0 spiro atoms. The van der Waals surface area contributed by atoms with Crippen molar-refractivity contribution in [1.82, 2.24) is 9.88 Å². The lowest BCUT2D eigenvalue weighted by atomic mass is 9.68. The number of likely N-dealkylation sites (N-methyl/N-ethyl adjacent to an activating group) is 1. The van der Waals surface area contributed by atoms with E-state index in [0.717, 1.165) is 25.2 Å². The van der Waals surface area contributed by atoms with E-state index in [2.05, 4.69) is 14.8 Å². The van der Waals surface area contributed by atoms with Crippen LogP contribution in [0.2, 0.25) is 0 Å². The van der Waals surface area contributed by atoms with Gasteiger partial charge in [0.15, 0.2) is 9.84 Å². The van der Waals surface area contributed by atoms with Gasteiger partial charge in [0.25, 0.3) is 0 Å². The molecular formula is C17H25N3O4S. The highest BCUT2D eigenvalue weighted by atomic mass is 32.2. The van der Waals surface area contributed by atoms with Gasteiger partial charge in [-0.05, 0) is 44.5 Å². The monoisotopic (exact) mass is 367 g/mol. The van der Waals surface area contributed by atoms with Crippen molar-refractivity contribution in [2.45, 2.75) is 31.1 Å². The van der Waals surface area contributed by atoms with Crippen molar-refractivity contribution in [3.8, 4) is 0 Å². The first-order chi connectivity index (χ1) is 11.7.